The summed E-state index contributed by atoms with van der Waals surface area (Å²) in [5, 5.41) is 3.35. The van der Waals surface area contributed by atoms with Gasteiger partial charge in [-0.15, -0.1) is 0 Å². The molecule has 0 radical (unpaired) electrons. The van der Waals surface area contributed by atoms with Gasteiger partial charge in [0.1, 0.15) is 0 Å². The van der Waals surface area contributed by atoms with Crippen LogP contribution in [0.25, 0.3) is 0 Å². The molecular weight excluding hydrogens is 346 g/mol. The summed E-state index contributed by atoms with van der Waals surface area (Å²) in [6, 6.07) is 12.1. The first kappa shape index (κ1) is 19.1. The van der Waals surface area contributed by atoms with Crippen molar-refractivity contribution in [3.8, 4) is 0 Å². The summed E-state index contributed by atoms with van der Waals surface area (Å²) < 4.78 is 0. The van der Waals surface area contributed by atoms with Gasteiger partial charge < -0.3 is 10.2 Å². The maximum atomic E-state index is 13.2. The molecule has 28 heavy (non-hydrogen) atoms. The molecule has 2 fully saturated rings. The van der Waals surface area contributed by atoms with E-state index in [0.29, 0.717) is 0 Å². The molecule has 2 aromatic rings. The van der Waals surface area contributed by atoms with Gasteiger partial charge in [-0.05, 0) is 81.3 Å². The van der Waals surface area contributed by atoms with E-state index in [0.717, 1.165) is 48.7 Å². The van der Waals surface area contributed by atoms with E-state index >= 15 is 0 Å². The second kappa shape index (κ2) is 8.44. The number of carbonyl (C=O) groups excluding carboxylic acids is 1. The third-order valence-electron chi connectivity index (χ3n) is 6.28. The number of aromatic nitrogens is 1. The number of nitrogens with zero attached hydrogens (tertiary/aromatic N) is 2. The van der Waals surface area contributed by atoms with E-state index in [4.69, 9.17) is 0 Å². The number of aryl methyl sites for hydroxylation is 2. The molecule has 148 valence electrons. The highest BCUT2D eigenvalue weighted by atomic mass is 16.2. The quantitative estimate of drug-likeness (QED) is 0.827. The number of pyridine rings is 1. The van der Waals surface area contributed by atoms with Crippen LogP contribution in [-0.2, 0) is 4.79 Å². The predicted octanol–water partition coefficient (Wildman–Crippen LogP) is 4.03. The second-order valence-corrected chi connectivity index (χ2v) is 8.52. The maximum Gasteiger partial charge on any atom is 0.224 e. The lowest BCUT2D eigenvalue weighted by molar-refractivity contribution is -0.127. The van der Waals surface area contributed by atoms with Crippen LogP contribution in [0.2, 0.25) is 0 Å². The zero-order valence-electron chi connectivity index (χ0n) is 17.0. The number of nitrogens with one attached hydrogen (secondary N) is 1. The van der Waals surface area contributed by atoms with Gasteiger partial charge in [-0.3, -0.25) is 9.78 Å². The van der Waals surface area contributed by atoms with E-state index in [-0.39, 0.29) is 17.9 Å². The fourth-order valence-electron chi connectivity index (χ4n) is 4.31. The SMILES string of the molecule is Cc1ccccc1C(NC(=O)C1CCN(CC2CC2)CC1)c1ncccc1C. The van der Waals surface area contributed by atoms with Crippen molar-refractivity contribution in [2.24, 2.45) is 11.8 Å². The third-order valence-corrected chi connectivity index (χ3v) is 6.28. The van der Waals surface area contributed by atoms with E-state index in [9.17, 15) is 4.79 Å². The summed E-state index contributed by atoms with van der Waals surface area (Å²) in [5.74, 6) is 1.19. The molecule has 1 aromatic heterocycles. The molecule has 1 aliphatic carbocycles. The normalized spacial score (nSPS) is 19.4. The first-order valence-corrected chi connectivity index (χ1v) is 10.6. The van der Waals surface area contributed by atoms with Crippen LogP contribution in [0.3, 0.4) is 0 Å². The number of piperidine rings is 1. The molecular formula is C24H31N3O. The third kappa shape index (κ3) is 4.44. The van der Waals surface area contributed by atoms with Crippen LogP contribution in [0.1, 0.15) is 54.1 Å². The molecule has 4 rings (SSSR count). The van der Waals surface area contributed by atoms with Gasteiger partial charge in [-0.1, -0.05) is 30.3 Å². The van der Waals surface area contributed by atoms with Crippen molar-refractivity contribution in [1.82, 2.24) is 15.2 Å². The number of benzene rings is 1. The van der Waals surface area contributed by atoms with Crippen molar-refractivity contribution in [1.29, 1.82) is 0 Å². The van der Waals surface area contributed by atoms with E-state index < -0.39 is 0 Å². The average Bonchev–Trinajstić information content (AvgIpc) is 3.52. The first-order valence-electron chi connectivity index (χ1n) is 10.6. The van der Waals surface area contributed by atoms with Gasteiger partial charge in [0.2, 0.25) is 5.91 Å². The lowest BCUT2D eigenvalue weighted by atomic mass is 9.92. The standard InChI is InChI=1S/C24H31N3O/c1-17-6-3-4-8-21(17)23(22-18(2)7-5-13-25-22)26-24(28)20-11-14-27(15-12-20)16-19-9-10-19/h3-8,13,19-20,23H,9-12,14-16H2,1-2H3,(H,26,28). The molecule has 2 aliphatic rings. The molecule has 1 atom stereocenters. The highest BCUT2D eigenvalue weighted by Crippen LogP contribution is 2.32. The zero-order chi connectivity index (χ0) is 19.5. The molecule has 0 bridgehead atoms. The van der Waals surface area contributed by atoms with Crippen molar-refractivity contribution < 1.29 is 4.79 Å². The number of rotatable bonds is 6. The molecule has 1 saturated heterocycles. The molecule has 4 nitrogen and oxygen atoms in total. The molecule has 1 amide bonds. The first-order chi connectivity index (χ1) is 13.6. The Morgan fingerprint density at radius 2 is 1.79 bits per heavy atom. The smallest absolute Gasteiger partial charge is 0.224 e. The Kier molecular flexibility index (Phi) is 5.77. The predicted molar refractivity (Wildman–Crippen MR) is 112 cm³/mol. The Hall–Kier alpha value is -2.20. The van der Waals surface area contributed by atoms with Crippen molar-refractivity contribution >= 4 is 5.91 Å². The monoisotopic (exact) mass is 377 g/mol. The summed E-state index contributed by atoms with van der Waals surface area (Å²) in [6.45, 7) is 7.49. The lowest BCUT2D eigenvalue weighted by Crippen LogP contribution is -2.42. The minimum atomic E-state index is -0.195. The Morgan fingerprint density at radius 3 is 2.46 bits per heavy atom. The Labute approximate surface area is 168 Å². The van der Waals surface area contributed by atoms with Gasteiger partial charge in [0.05, 0.1) is 11.7 Å². The summed E-state index contributed by atoms with van der Waals surface area (Å²) in [4.78, 5) is 20.3. The second-order valence-electron chi connectivity index (χ2n) is 8.52. The number of hydrogen-bond donors (Lipinski definition) is 1. The fourth-order valence-corrected chi connectivity index (χ4v) is 4.31. The van der Waals surface area contributed by atoms with E-state index in [1.54, 1.807) is 0 Å². The van der Waals surface area contributed by atoms with Gasteiger partial charge in [0.15, 0.2) is 0 Å². The summed E-state index contributed by atoms with van der Waals surface area (Å²) in [5.41, 5.74) is 4.35. The van der Waals surface area contributed by atoms with E-state index in [2.05, 4.69) is 47.2 Å². The molecule has 1 aliphatic heterocycles. The Morgan fingerprint density at radius 1 is 1.07 bits per heavy atom. The highest BCUT2D eigenvalue weighted by molar-refractivity contribution is 5.79. The van der Waals surface area contributed by atoms with Crippen LogP contribution in [-0.4, -0.2) is 35.4 Å². The largest absolute Gasteiger partial charge is 0.343 e. The fraction of sp³-hybridized carbons (Fsp3) is 0.500. The van der Waals surface area contributed by atoms with Gasteiger partial charge in [0, 0.05) is 18.7 Å². The number of amides is 1. The van der Waals surface area contributed by atoms with Gasteiger partial charge in [-0.2, -0.15) is 0 Å². The van der Waals surface area contributed by atoms with Crippen LogP contribution < -0.4 is 5.32 Å². The molecule has 1 unspecified atom stereocenters. The minimum Gasteiger partial charge on any atom is -0.343 e. The van der Waals surface area contributed by atoms with Crippen molar-refractivity contribution in [2.45, 2.75) is 45.6 Å². The topological polar surface area (TPSA) is 45.2 Å². The molecule has 1 aromatic carbocycles. The molecule has 2 heterocycles. The number of carbonyl (C=O) groups is 1. The van der Waals surface area contributed by atoms with Crippen molar-refractivity contribution in [3.63, 3.8) is 0 Å². The summed E-state index contributed by atoms with van der Waals surface area (Å²) in [6.07, 6.45) is 6.51. The molecule has 4 heteroatoms. The van der Waals surface area contributed by atoms with Crippen molar-refractivity contribution in [2.75, 3.05) is 19.6 Å². The van der Waals surface area contributed by atoms with Gasteiger partial charge in [-0.25, -0.2) is 0 Å². The van der Waals surface area contributed by atoms with Crippen LogP contribution >= 0.6 is 0 Å². The zero-order valence-corrected chi connectivity index (χ0v) is 17.0. The maximum absolute atomic E-state index is 13.2. The Bertz CT molecular complexity index is 777. The van der Waals surface area contributed by atoms with Crippen LogP contribution in [0.5, 0.6) is 0 Å². The summed E-state index contributed by atoms with van der Waals surface area (Å²) in [7, 11) is 0. The Balaban J connectivity index is 1.49. The van der Waals surface area contributed by atoms with E-state index in [1.165, 1.54) is 24.9 Å². The summed E-state index contributed by atoms with van der Waals surface area (Å²) >= 11 is 0. The van der Waals surface area contributed by atoms with E-state index in [1.807, 2.05) is 24.4 Å². The number of likely N-dealkylation sites (tertiary alicyclic amines) is 1. The highest BCUT2D eigenvalue weighted by Gasteiger charge is 2.31. The van der Waals surface area contributed by atoms with Crippen LogP contribution in [0.4, 0.5) is 0 Å². The van der Waals surface area contributed by atoms with Gasteiger partial charge >= 0.3 is 0 Å². The number of hydrogen-bond acceptors (Lipinski definition) is 3. The average molecular weight is 378 g/mol. The van der Waals surface area contributed by atoms with Crippen molar-refractivity contribution in [3.05, 3.63) is 65.0 Å². The minimum absolute atomic E-state index is 0.103. The van der Waals surface area contributed by atoms with Crippen LogP contribution in [0, 0.1) is 25.7 Å². The lowest BCUT2D eigenvalue weighted by Gasteiger charge is -2.32. The molecule has 0 spiro atoms. The van der Waals surface area contributed by atoms with Gasteiger partial charge in [0.25, 0.3) is 0 Å². The molecule has 1 N–H and O–H groups in total. The molecule has 1 saturated carbocycles. The van der Waals surface area contributed by atoms with Crippen LogP contribution in [0.15, 0.2) is 42.6 Å².